The molecule has 1 aliphatic rings. The highest BCUT2D eigenvalue weighted by atomic mass is 16.3. The van der Waals surface area contributed by atoms with Crippen LogP contribution in [0.25, 0.3) is 0 Å². The number of aliphatic hydroxyl groups excluding tert-OH is 1. The van der Waals surface area contributed by atoms with Gasteiger partial charge < -0.3 is 10.4 Å². The lowest BCUT2D eigenvalue weighted by molar-refractivity contribution is -0.133. The standard InChI is InChI=1S/C14H21NO3/c1-13(2,3)8-7-9(16)11(17)12(18)10(8)15-14(4,5)6/h7,15,18H,1-6H3. The number of carbonyl (C=O) groups is 2. The van der Waals surface area contributed by atoms with Gasteiger partial charge in [-0.2, -0.15) is 0 Å². The number of ketones is 2. The Labute approximate surface area is 108 Å². The largest absolute Gasteiger partial charge is 0.503 e. The van der Waals surface area contributed by atoms with Gasteiger partial charge in [-0.25, -0.2) is 0 Å². The fraction of sp³-hybridized carbons (Fsp3) is 0.571. The van der Waals surface area contributed by atoms with E-state index in [0.29, 0.717) is 11.3 Å². The molecule has 0 atom stereocenters. The Bertz CT molecular complexity index is 456. The van der Waals surface area contributed by atoms with Crippen LogP contribution < -0.4 is 5.32 Å². The fourth-order valence-electron chi connectivity index (χ4n) is 1.72. The van der Waals surface area contributed by atoms with Crippen molar-refractivity contribution >= 4 is 11.6 Å². The number of hydrogen-bond acceptors (Lipinski definition) is 4. The smallest absolute Gasteiger partial charge is 0.269 e. The first kappa shape index (κ1) is 14.5. The van der Waals surface area contributed by atoms with Gasteiger partial charge in [0, 0.05) is 5.54 Å². The maximum absolute atomic E-state index is 11.6. The van der Waals surface area contributed by atoms with Crippen LogP contribution in [-0.2, 0) is 9.59 Å². The fourth-order valence-corrected chi connectivity index (χ4v) is 1.72. The summed E-state index contributed by atoms with van der Waals surface area (Å²) in [6, 6.07) is 0. The Hall–Kier alpha value is -1.58. The van der Waals surface area contributed by atoms with Gasteiger partial charge in [0.2, 0.25) is 5.78 Å². The second kappa shape index (κ2) is 4.26. The normalized spacial score (nSPS) is 18.0. The van der Waals surface area contributed by atoms with Crippen molar-refractivity contribution in [2.45, 2.75) is 47.1 Å². The molecule has 0 saturated heterocycles. The molecular formula is C14H21NO3. The van der Waals surface area contributed by atoms with E-state index in [1.165, 1.54) is 6.08 Å². The van der Waals surface area contributed by atoms with Gasteiger partial charge in [-0.3, -0.25) is 9.59 Å². The molecule has 4 nitrogen and oxygen atoms in total. The van der Waals surface area contributed by atoms with E-state index in [1.807, 2.05) is 41.5 Å². The molecule has 0 aliphatic heterocycles. The Morgan fingerprint density at radius 1 is 1.06 bits per heavy atom. The van der Waals surface area contributed by atoms with Crippen molar-refractivity contribution in [1.29, 1.82) is 0 Å². The zero-order chi connectivity index (χ0) is 14.3. The summed E-state index contributed by atoms with van der Waals surface area (Å²) in [5.41, 5.74) is 0.366. The minimum absolute atomic E-state index is 0.311. The number of nitrogens with one attached hydrogen (secondary N) is 1. The molecule has 0 aromatic heterocycles. The first-order valence-electron chi connectivity index (χ1n) is 5.96. The molecule has 0 heterocycles. The number of carbonyl (C=O) groups excluding carboxylic acids is 2. The lowest BCUT2D eigenvalue weighted by Gasteiger charge is -2.33. The monoisotopic (exact) mass is 251 g/mol. The lowest BCUT2D eigenvalue weighted by atomic mass is 9.80. The molecule has 1 aliphatic carbocycles. The number of rotatable bonds is 1. The van der Waals surface area contributed by atoms with Gasteiger partial charge in [0.05, 0.1) is 5.70 Å². The van der Waals surface area contributed by atoms with Crippen molar-refractivity contribution < 1.29 is 14.7 Å². The third-order valence-electron chi connectivity index (χ3n) is 2.53. The van der Waals surface area contributed by atoms with Crippen LogP contribution in [0.4, 0.5) is 0 Å². The summed E-state index contributed by atoms with van der Waals surface area (Å²) in [5, 5.41) is 13.0. The second-order valence-electron chi connectivity index (χ2n) is 6.60. The van der Waals surface area contributed by atoms with Gasteiger partial charge in [-0.05, 0) is 37.8 Å². The molecule has 0 aromatic carbocycles. The van der Waals surface area contributed by atoms with E-state index in [2.05, 4.69) is 5.32 Å². The number of aliphatic hydroxyl groups is 1. The van der Waals surface area contributed by atoms with Gasteiger partial charge >= 0.3 is 0 Å². The van der Waals surface area contributed by atoms with Crippen molar-refractivity contribution in [2.24, 2.45) is 5.41 Å². The van der Waals surface area contributed by atoms with Crippen LogP contribution in [0.1, 0.15) is 41.5 Å². The van der Waals surface area contributed by atoms with Crippen molar-refractivity contribution in [2.75, 3.05) is 0 Å². The average Bonchev–Trinajstić information content (AvgIpc) is 2.15. The molecule has 100 valence electrons. The predicted molar refractivity (Wildman–Crippen MR) is 70.1 cm³/mol. The molecule has 2 N–H and O–H groups in total. The Kier molecular flexibility index (Phi) is 3.43. The average molecular weight is 251 g/mol. The van der Waals surface area contributed by atoms with Crippen molar-refractivity contribution in [3.8, 4) is 0 Å². The molecule has 4 heteroatoms. The van der Waals surface area contributed by atoms with Crippen LogP contribution in [0.2, 0.25) is 0 Å². The topological polar surface area (TPSA) is 66.4 Å². The molecule has 0 bridgehead atoms. The van der Waals surface area contributed by atoms with E-state index in [0.717, 1.165) is 0 Å². The zero-order valence-corrected chi connectivity index (χ0v) is 11.8. The molecule has 18 heavy (non-hydrogen) atoms. The van der Waals surface area contributed by atoms with E-state index in [9.17, 15) is 14.7 Å². The first-order chi connectivity index (χ1) is 7.93. The van der Waals surface area contributed by atoms with E-state index in [1.54, 1.807) is 0 Å². The summed E-state index contributed by atoms with van der Waals surface area (Å²) in [6.45, 7) is 11.6. The molecule has 0 spiro atoms. The number of hydrogen-bond donors (Lipinski definition) is 2. The van der Waals surface area contributed by atoms with E-state index in [4.69, 9.17) is 0 Å². The Morgan fingerprint density at radius 2 is 1.56 bits per heavy atom. The molecule has 0 amide bonds. The summed E-state index contributed by atoms with van der Waals surface area (Å²) in [6.07, 6.45) is 1.32. The molecule has 0 unspecified atom stereocenters. The SMILES string of the molecule is CC(C)(C)NC1=C(O)C(=O)C(=O)C=C1C(C)(C)C. The van der Waals surface area contributed by atoms with Gasteiger partial charge in [-0.1, -0.05) is 20.8 Å². The maximum atomic E-state index is 11.6. The van der Waals surface area contributed by atoms with Crippen LogP contribution in [-0.4, -0.2) is 22.2 Å². The van der Waals surface area contributed by atoms with Crippen LogP contribution in [0, 0.1) is 5.41 Å². The number of allylic oxidation sites excluding steroid dienone is 3. The van der Waals surface area contributed by atoms with Gasteiger partial charge in [0.25, 0.3) is 5.78 Å². The molecule has 0 radical (unpaired) electrons. The lowest BCUT2D eigenvalue weighted by Crippen LogP contribution is -2.41. The summed E-state index contributed by atoms with van der Waals surface area (Å²) in [4.78, 5) is 23.1. The minimum atomic E-state index is -0.852. The molecule has 1 rings (SSSR count). The van der Waals surface area contributed by atoms with Crippen molar-refractivity contribution in [3.63, 3.8) is 0 Å². The summed E-state index contributed by atoms with van der Waals surface area (Å²) in [5.74, 6) is -2.01. The molecule has 0 fully saturated rings. The highest BCUT2D eigenvalue weighted by molar-refractivity contribution is 6.48. The van der Waals surface area contributed by atoms with Crippen molar-refractivity contribution in [3.05, 3.63) is 23.1 Å². The van der Waals surface area contributed by atoms with Gasteiger partial charge in [0.1, 0.15) is 0 Å². The molecule has 0 saturated carbocycles. The Balaban J connectivity index is 3.34. The quantitative estimate of drug-likeness (QED) is 0.554. The maximum Gasteiger partial charge on any atom is 0.269 e. The van der Waals surface area contributed by atoms with Crippen molar-refractivity contribution in [1.82, 2.24) is 5.32 Å². The molecular weight excluding hydrogens is 230 g/mol. The Morgan fingerprint density at radius 3 is 1.94 bits per heavy atom. The van der Waals surface area contributed by atoms with Crippen LogP contribution in [0.3, 0.4) is 0 Å². The van der Waals surface area contributed by atoms with E-state index >= 15 is 0 Å². The third kappa shape index (κ3) is 3.00. The van der Waals surface area contributed by atoms with Crippen LogP contribution >= 0.6 is 0 Å². The highest BCUT2D eigenvalue weighted by Gasteiger charge is 2.35. The van der Waals surface area contributed by atoms with E-state index < -0.39 is 17.3 Å². The third-order valence-corrected chi connectivity index (χ3v) is 2.53. The summed E-state index contributed by atoms with van der Waals surface area (Å²) in [7, 11) is 0. The van der Waals surface area contributed by atoms with E-state index in [-0.39, 0.29) is 11.0 Å². The van der Waals surface area contributed by atoms with Gasteiger partial charge in [-0.15, -0.1) is 0 Å². The first-order valence-corrected chi connectivity index (χ1v) is 5.96. The highest BCUT2D eigenvalue weighted by Crippen LogP contribution is 2.34. The van der Waals surface area contributed by atoms with Crippen LogP contribution in [0.15, 0.2) is 23.1 Å². The number of Topliss-reactive ketones (excluding diaryl/α,β-unsaturated/α-hetero) is 1. The second-order valence-corrected chi connectivity index (χ2v) is 6.60. The minimum Gasteiger partial charge on any atom is -0.503 e. The summed E-state index contributed by atoms with van der Waals surface area (Å²) >= 11 is 0. The van der Waals surface area contributed by atoms with Crippen LogP contribution in [0.5, 0.6) is 0 Å². The zero-order valence-electron chi connectivity index (χ0n) is 11.8. The summed E-state index contributed by atoms with van der Waals surface area (Å²) < 4.78 is 0. The molecule has 0 aromatic rings. The van der Waals surface area contributed by atoms with Gasteiger partial charge in [0.15, 0.2) is 5.76 Å². The predicted octanol–water partition coefficient (Wildman–Crippen LogP) is 2.27.